The molecule has 0 bridgehead atoms. The molecule has 2 rings (SSSR count). The largest absolute Gasteiger partial charge is 0.396 e. The van der Waals surface area contributed by atoms with Crippen molar-refractivity contribution < 1.29 is 9.50 Å². The Hall–Kier alpha value is -1.26. The summed E-state index contributed by atoms with van der Waals surface area (Å²) < 4.78 is 12.8. The number of thiazole rings is 1. The van der Waals surface area contributed by atoms with E-state index in [1.807, 2.05) is 12.3 Å². The topological polar surface area (TPSA) is 33.1 Å². The van der Waals surface area contributed by atoms with Crippen LogP contribution in [0.15, 0.2) is 29.6 Å². The summed E-state index contributed by atoms with van der Waals surface area (Å²) >= 11 is 1.62. The van der Waals surface area contributed by atoms with Crippen LogP contribution in [0.2, 0.25) is 0 Å². The van der Waals surface area contributed by atoms with Gasteiger partial charge < -0.3 is 5.11 Å². The summed E-state index contributed by atoms with van der Waals surface area (Å²) in [4.78, 5) is 4.40. The molecule has 0 saturated heterocycles. The molecule has 1 heterocycles. The Bertz CT molecular complexity index is 495. The van der Waals surface area contributed by atoms with E-state index in [1.54, 1.807) is 23.5 Å². The summed E-state index contributed by atoms with van der Waals surface area (Å²) in [7, 11) is 0. The summed E-state index contributed by atoms with van der Waals surface area (Å²) in [5.74, 6) is -0.0913. The number of rotatable bonds is 5. The van der Waals surface area contributed by atoms with E-state index >= 15 is 0 Å². The van der Waals surface area contributed by atoms with Crippen LogP contribution in [-0.2, 0) is 12.8 Å². The molecule has 2 nitrogen and oxygen atoms in total. The van der Waals surface area contributed by atoms with E-state index in [2.05, 4.69) is 4.98 Å². The van der Waals surface area contributed by atoms with Crippen molar-refractivity contribution in [1.82, 2.24) is 4.98 Å². The quantitative estimate of drug-likeness (QED) is 0.901. The number of hydrogen-bond acceptors (Lipinski definition) is 3. The van der Waals surface area contributed by atoms with E-state index < -0.39 is 0 Å². The smallest absolute Gasteiger partial charge is 0.123 e. The van der Waals surface area contributed by atoms with Crippen molar-refractivity contribution in [2.24, 2.45) is 5.92 Å². The van der Waals surface area contributed by atoms with Gasteiger partial charge >= 0.3 is 0 Å². The van der Waals surface area contributed by atoms with Crippen molar-refractivity contribution in [1.29, 1.82) is 0 Å². The van der Waals surface area contributed by atoms with Gasteiger partial charge in [-0.3, -0.25) is 0 Å². The average Bonchev–Trinajstić information content (AvgIpc) is 2.77. The van der Waals surface area contributed by atoms with Crippen molar-refractivity contribution in [3.8, 4) is 0 Å². The molecule has 1 unspecified atom stereocenters. The van der Waals surface area contributed by atoms with Crippen molar-refractivity contribution in [3.05, 3.63) is 51.7 Å². The molecule has 0 spiro atoms. The van der Waals surface area contributed by atoms with Gasteiger partial charge in [0.05, 0.1) is 10.7 Å². The van der Waals surface area contributed by atoms with Gasteiger partial charge in [0.15, 0.2) is 0 Å². The molecule has 0 amide bonds. The summed E-state index contributed by atoms with van der Waals surface area (Å²) in [6.07, 6.45) is 1.51. The number of hydrogen-bond donors (Lipinski definition) is 1. The van der Waals surface area contributed by atoms with E-state index in [1.165, 1.54) is 12.1 Å². The van der Waals surface area contributed by atoms with E-state index in [0.717, 1.165) is 29.1 Å². The molecule has 1 atom stereocenters. The summed E-state index contributed by atoms with van der Waals surface area (Å²) in [6.45, 7) is 2.09. The van der Waals surface area contributed by atoms with Crippen LogP contribution in [0.3, 0.4) is 0 Å². The fourth-order valence-corrected chi connectivity index (χ4v) is 2.58. The first-order valence-corrected chi connectivity index (χ1v) is 6.81. The summed E-state index contributed by atoms with van der Waals surface area (Å²) in [6, 6.07) is 6.45. The monoisotopic (exact) mass is 265 g/mol. The first-order chi connectivity index (χ1) is 8.67. The lowest BCUT2D eigenvalue weighted by molar-refractivity contribution is 0.224. The maximum atomic E-state index is 12.8. The van der Waals surface area contributed by atoms with Gasteiger partial charge in [-0.2, -0.15) is 0 Å². The SMILES string of the molecule is Cc1nc(CC(CO)Cc2ccc(F)cc2)cs1. The molecule has 2 aromatic rings. The number of nitrogens with zero attached hydrogens (tertiary/aromatic N) is 1. The lowest BCUT2D eigenvalue weighted by Gasteiger charge is -2.12. The van der Waals surface area contributed by atoms with Crippen LogP contribution in [0.25, 0.3) is 0 Å². The molecule has 0 radical (unpaired) electrons. The number of aliphatic hydroxyl groups excluding tert-OH is 1. The predicted molar refractivity (Wildman–Crippen MR) is 71.2 cm³/mol. The fraction of sp³-hybridized carbons (Fsp3) is 0.357. The normalized spacial score (nSPS) is 12.6. The standard InChI is InChI=1S/C14H16FNOS/c1-10-16-14(9-18-10)7-12(8-17)6-11-2-4-13(15)5-3-11/h2-5,9,12,17H,6-8H2,1H3. The highest BCUT2D eigenvalue weighted by Crippen LogP contribution is 2.16. The van der Waals surface area contributed by atoms with Gasteiger partial charge in [-0.25, -0.2) is 9.37 Å². The molecule has 0 aliphatic carbocycles. The molecule has 1 N–H and O–H groups in total. The Morgan fingerprint density at radius 3 is 2.56 bits per heavy atom. The molecule has 96 valence electrons. The zero-order chi connectivity index (χ0) is 13.0. The number of halogens is 1. The first-order valence-electron chi connectivity index (χ1n) is 5.93. The highest BCUT2D eigenvalue weighted by molar-refractivity contribution is 7.09. The van der Waals surface area contributed by atoms with Crippen LogP contribution >= 0.6 is 11.3 Å². The Labute approximate surface area is 110 Å². The molecule has 4 heteroatoms. The number of aromatic nitrogens is 1. The van der Waals surface area contributed by atoms with Crippen LogP contribution in [0.5, 0.6) is 0 Å². The molecule has 0 saturated carbocycles. The number of benzene rings is 1. The van der Waals surface area contributed by atoms with Gasteiger partial charge in [-0.1, -0.05) is 12.1 Å². The second kappa shape index (κ2) is 6.07. The lowest BCUT2D eigenvalue weighted by Crippen LogP contribution is -2.13. The van der Waals surface area contributed by atoms with E-state index in [-0.39, 0.29) is 18.3 Å². The molecule has 0 aliphatic heterocycles. The van der Waals surface area contributed by atoms with Crippen molar-refractivity contribution in [2.45, 2.75) is 19.8 Å². The maximum absolute atomic E-state index is 12.8. The highest BCUT2D eigenvalue weighted by Gasteiger charge is 2.11. The fourth-order valence-electron chi connectivity index (χ4n) is 1.95. The van der Waals surface area contributed by atoms with Gasteiger partial charge in [0.25, 0.3) is 0 Å². The lowest BCUT2D eigenvalue weighted by atomic mass is 9.96. The van der Waals surface area contributed by atoms with Crippen LogP contribution in [0.4, 0.5) is 4.39 Å². The van der Waals surface area contributed by atoms with Crippen LogP contribution in [0.1, 0.15) is 16.3 Å². The van der Waals surface area contributed by atoms with Crippen LogP contribution in [-0.4, -0.2) is 16.7 Å². The van der Waals surface area contributed by atoms with Crippen molar-refractivity contribution in [2.75, 3.05) is 6.61 Å². The summed E-state index contributed by atoms with van der Waals surface area (Å²) in [5.41, 5.74) is 2.07. The van der Waals surface area contributed by atoms with Crippen LogP contribution < -0.4 is 0 Å². The van der Waals surface area contributed by atoms with Gasteiger partial charge in [-0.15, -0.1) is 11.3 Å². The van der Waals surface area contributed by atoms with E-state index in [9.17, 15) is 9.50 Å². The van der Waals surface area contributed by atoms with Crippen molar-refractivity contribution >= 4 is 11.3 Å². The average molecular weight is 265 g/mol. The van der Waals surface area contributed by atoms with E-state index in [4.69, 9.17) is 0 Å². The number of aliphatic hydroxyl groups is 1. The third-order valence-corrected chi connectivity index (χ3v) is 3.68. The Balaban J connectivity index is 1.99. The minimum absolute atomic E-state index is 0.119. The van der Waals surface area contributed by atoms with Gasteiger partial charge in [-0.05, 0) is 43.4 Å². The van der Waals surface area contributed by atoms with Crippen molar-refractivity contribution in [3.63, 3.8) is 0 Å². The number of aryl methyl sites for hydroxylation is 1. The van der Waals surface area contributed by atoms with Gasteiger partial charge in [0, 0.05) is 12.0 Å². The minimum atomic E-state index is -0.227. The molecular weight excluding hydrogens is 249 g/mol. The van der Waals surface area contributed by atoms with E-state index in [0.29, 0.717) is 0 Å². The Morgan fingerprint density at radius 2 is 2.00 bits per heavy atom. The molecular formula is C14H16FNOS. The van der Waals surface area contributed by atoms with Gasteiger partial charge in [0.2, 0.25) is 0 Å². The molecule has 18 heavy (non-hydrogen) atoms. The second-order valence-corrected chi connectivity index (χ2v) is 5.50. The molecule has 1 aromatic carbocycles. The summed E-state index contributed by atoms with van der Waals surface area (Å²) in [5, 5.41) is 12.5. The zero-order valence-electron chi connectivity index (χ0n) is 10.3. The van der Waals surface area contributed by atoms with Crippen LogP contribution in [0, 0.1) is 18.7 Å². The molecule has 1 aromatic heterocycles. The third kappa shape index (κ3) is 3.62. The molecule has 0 fully saturated rings. The zero-order valence-corrected chi connectivity index (χ0v) is 11.1. The van der Waals surface area contributed by atoms with Gasteiger partial charge in [0.1, 0.15) is 5.82 Å². The predicted octanol–water partition coefficient (Wildman–Crippen LogP) is 2.98. The highest BCUT2D eigenvalue weighted by atomic mass is 32.1. The first kappa shape index (κ1) is 13.2. The maximum Gasteiger partial charge on any atom is 0.123 e. The molecule has 0 aliphatic rings. The second-order valence-electron chi connectivity index (χ2n) is 4.44. The Kier molecular flexibility index (Phi) is 4.44. The Morgan fingerprint density at radius 1 is 1.28 bits per heavy atom. The third-order valence-electron chi connectivity index (χ3n) is 2.86. The minimum Gasteiger partial charge on any atom is -0.396 e.